The lowest BCUT2D eigenvalue weighted by atomic mass is 9.89. The second-order valence-electron chi connectivity index (χ2n) is 8.03. The SMILES string of the molecule is C=C1NC(=O)NC(c2ccc(OC)c(OCc3ccccc3)c2)C1C(=O)OCC1CCCO1. The second-order valence-corrected chi connectivity index (χ2v) is 8.03. The third kappa shape index (κ3) is 5.46. The summed E-state index contributed by atoms with van der Waals surface area (Å²) in [5, 5.41) is 5.41. The predicted molar refractivity (Wildman–Crippen MR) is 121 cm³/mol. The van der Waals surface area contributed by atoms with E-state index in [1.54, 1.807) is 25.3 Å². The van der Waals surface area contributed by atoms with Crippen LogP contribution in [0.2, 0.25) is 0 Å². The zero-order valence-electron chi connectivity index (χ0n) is 18.5. The Bertz CT molecular complexity index is 1000. The molecular weight excluding hydrogens is 424 g/mol. The van der Waals surface area contributed by atoms with Crippen molar-refractivity contribution in [1.29, 1.82) is 0 Å². The van der Waals surface area contributed by atoms with Crippen LogP contribution in [0.1, 0.15) is 30.0 Å². The highest BCUT2D eigenvalue weighted by Crippen LogP contribution is 2.36. The number of nitrogens with one attached hydrogen (secondary N) is 2. The molecule has 0 bridgehead atoms. The first-order valence-electron chi connectivity index (χ1n) is 10.9. The van der Waals surface area contributed by atoms with E-state index in [1.165, 1.54) is 0 Å². The number of benzene rings is 2. The molecule has 174 valence electrons. The van der Waals surface area contributed by atoms with Gasteiger partial charge in [-0.3, -0.25) is 4.79 Å². The van der Waals surface area contributed by atoms with Crippen LogP contribution in [0.15, 0.2) is 60.8 Å². The summed E-state index contributed by atoms with van der Waals surface area (Å²) in [5.41, 5.74) is 1.96. The molecule has 3 unspecified atom stereocenters. The Labute approximate surface area is 192 Å². The molecule has 0 radical (unpaired) electrons. The van der Waals surface area contributed by atoms with Gasteiger partial charge in [-0.25, -0.2) is 4.79 Å². The Balaban J connectivity index is 1.54. The van der Waals surface area contributed by atoms with E-state index in [2.05, 4.69) is 17.2 Å². The molecule has 2 fully saturated rings. The fraction of sp³-hybridized carbons (Fsp3) is 0.360. The maximum Gasteiger partial charge on any atom is 0.319 e. The molecule has 2 heterocycles. The zero-order chi connectivity index (χ0) is 23.2. The molecule has 33 heavy (non-hydrogen) atoms. The Morgan fingerprint density at radius 3 is 2.73 bits per heavy atom. The van der Waals surface area contributed by atoms with Gasteiger partial charge in [-0.15, -0.1) is 0 Å². The Kier molecular flexibility index (Phi) is 7.14. The minimum absolute atomic E-state index is 0.0919. The van der Waals surface area contributed by atoms with E-state index in [1.807, 2.05) is 30.3 Å². The molecule has 2 aliphatic rings. The summed E-state index contributed by atoms with van der Waals surface area (Å²) in [5.74, 6) is -0.231. The van der Waals surface area contributed by atoms with E-state index in [9.17, 15) is 9.59 Å². The van der Waals surface area contributed by atoms with E-state index in [4.69, 9.17) is 18.9 Å². The highest BCUT2D eigenvalue weighted by atomic mass is 16.6. The quantitative estimate of drug-likeness (QED) is 0.596. The van der Waals surface area contributed by atoms with Crippen molar-refractivity contribution in [3.63, 3.8) is 0 Å². The molecule has 2 aromatic carbocycles. The van der Waals surface area contributed by atoms with E-state index >= 15 is 0 Å². The predicted octanol–water partition coefficient (Wildman–Crippen LogP) is 3.48. The molecule has 0 aromatic heterocycles. The number of hydrogen-bond donors (Lipinski definition) is 2. The maximum atomic E-state index is 13.0. The first kappa shape index (κ1) is 22.7. The average molecular weight is 453 g/mol. The molecule has 4 rings (SSSR count). The molecule has 2 saturated heterocycles. The number of carbonyl (C=O) groups excluding carboxylic acids is 2. The van der Waals surface area contributed by atoms with Gasteiger partial charge in [0.1, 0.15) is 19.1 Å². The van der Waals surface area contributed by atoms with Crippen LogP contribution in [-0.2, 0) is 20.9 Å². The van der Waals surface area contributed by atoms with Crippen LogP contribution in [0.4, 0.5) is 4.79 Å². The molecule has 2 aromatic rings. The van der Waals surface area contributed by atoms with E-state index in [0.29, 0.717) is 30.3 Å². The fourth-order valence-corrected chi connectivity index (χ4v) is 4.02. The fourth-order valence-electron chi connectivity index (χ4n) is 4.02. The third-order valence-electron chi connectivity index (χ3n) is 5.74. The van der Waals surface area contributed by atoms with E-state index < -0.39 is 24.0 Å². The van der Waals surface area contributed by atoms with E-state index in [0.717, 1.165) is 18.4 Å². The van der Waals surface area contributed by atoms with E-state index in [-0.39, 0.29) is 18.4 Å². The molecule has 2 N–H and O–H groups in total. The summed E-state index contributed by atoms with van der Waals surface area (Å²) in [6.07, 6.45) is 1.72. The van der Waals surface area contributed by atoms with Crippen LogP contribution in [0, 0.1) is 5.92 Å². The highest BCUT2D eigenvalue weighted by Gasteiger charge is 2.39. The third-order valence-corrected chi connectivity index (χ3v) is 5.74. The van der Waals surface area contributed by atoms with Gasteiger partial charge < -0.3 is 29.6 Å². The molecule has 0 saturated carbocycles. The lowest BCUT2D eigenvalue weighted by Crippen LogP contribution is -2.51. The molecule has 0 aliphatic carbocycles. The summed E-state index contributed by atoms with van der Waals surface area (Å²) in [6, 6.07) is 14.0. The summed E-state index contributed by atoms with van der Waals surface area (Å²) in [6.45, 7) is 5.10. The summed E-state index contributed by atoms with van der Waals surface area (Å²) in [7, 11) is 1.56. The monoisotopic (exact) mass is 452 g/mol. The molecule has 8 heteroatoms. The topological polar surface area (TPSA) is 95.1 Å². The second kappa shape index (κ2) is 10.4. The molecule has 0 spiro atoms. The van der Waals surface area contributed by atoms with Gasteiger partial charge in [0.05, 0.1) is 19.3 Å². The van der Waals surface area contributed by atoms with Gasteiger partial charge in [0.25, 0.3) is 0 Å². The smallest absolute Gasteiger partial charge is 0.319 e. The molecule has 2 amide bonds. The summed E-state index contributed by atoms with van der Waals surface area (Å²) in [4.78, 5) is 25.2. The van der Waals surface area contributed by atoms with Gasteiger partial charge in [0.15, 0.2) is 11.5 Å². The van der Waals surface area contributed by atoms with Crippen molar-refractivity contribution in [2.75, 3.05) is 20.3 Å². The molecule has 2 aliphatic heterocycles. The number of amides is 2. The van der Waals surface area contributed by atoms with Crippen molar-refractivity contribution in [1.82, 2.24) is 10.6 Å². The molecule has 3 atom stereocenters. The Morgan fingerprint density at radius 1 is 1.18 bits per heavy atom. The van der Waals surface area contributed by atoms with Crippen molar-refractivity contribution in [2.24, 2.45) is 5.92 Å². The van der Waals surface area contributed by atoms with Gasteiger partial charge in [-0.1, -0.05) is 43.0 Å². The highest BCUT2D eigenvalue weighted by molar-refractivity contribution is 5.85. The van der Waals surface area contributed by atoms with Gasteiger partial charge in [0.2, 0.25) is 0 Å². The van der Waals surface area contributed by atoms with Crippen molar-refractivity contribution < 1.29 is 28.5 Å². The normalized spacial score (nSPS) is 22.3. The van der Waals surface area contributed by atoms with Crippen LogP contribution in [0.5, 0.6) is 11.5 Å². The number of ether oxygens (including phenoxy) is 4. The number of methoxy groups -OCH3 is 1. The summed E-state index contributed by atoms with van der Waals surface area (Å²) >= 11 is 0. The maximum absolute atomic E-state index is 13.0. The van der Waals surface area contributed by atoms with Crippen molar-refractivity contribution in [3.8, 4) is 11.5 Å². The van der Waals surface area contributed by atoms with Crippen LogP contribution < -0.4 is 20.1 Å². The lowest BCUT2D eigenvalue weighted by Gasteiger charge is -2.33. The number of rotatable bonds is 8. The lowest BCUT2D eigenvalue weighted by molar-refractivity contribution is -0.151. The zero-order valence-corrected chi connectivity index (χ0v) is 18.5. The number of esters is 1. The van der Waals surface area contributed by atoms with Gasteiger partial charge in [0, 0.05) is 12.3 Å². The molecule has 8 nitrogen and oxygen atoms in total. The minimum Gasteiger partial charge on any atom is -0.493 e. The van der Waals surface area contributed by atoms with Gasteiger partial charge >= 0.3 is 12.0 Å². The first-order valence-corrected chi connectivity index (χ1v) is 10.9. The number of urea groups is 1. The first-order chi connectivity index (χ1) is 16.0. The average Bonchev–Trinajstić information content (AvgIpc) is 3.35. The Hall–Kier alpha value is -3.52. The van der Waals surface area contributed by atoms with Gasteiger partial charge in [-0.2, -0.15) is 0 Å². The van der Waals surface area contributed by atoms with Crippen LogP contribution in [0.25, 0.3) is 0 Å². The van der Waals surface area contributed by atoms with Crippen molar-refractivity contribution in [3.05, 3.63) is 71.9 Å². The van der Waals surface area contributed by atoms with Crippen LogP contribution >= 0.6 is 0 Å². The minimum atomic E-state index is -0.806. The number of carbonyl (C=O) groups is 2. The largest absolute Gasteiger partial charge is 0.493 e. The standard InChI is InChI=1S/C25H28N2O6/c1-16-22(24(28)33-15-19-9-6-12-31-19)23(27-25(29)26-16)18-10-11-20(30-2)21(13-18)32-14-17-7-4-3-5-8-17/h3-5,7-8,10-11,13,19,22-23H,1,6,9,12,14-15H2,2H3,(H2,26,27,29). The van der Waals surface area contributed by atoms with Crippen LogP contribution in [0.3, 0.4) is 0 Å². The summed E-state index contributed by atoms with van der Waals surface area (Å²) < 4.78 is 22.5. The van der Waals surface area contributed by atoms with Crippen LogP contribution in [-0.4, -0.2) is 38.4 Å². The van der Waals surface area contributed by atoms with Crippen molar-refractivity contribution >= 4 is 12.0 Å². The number of hydrogen-bond acceptors (Lipinski definition) is 6. The Morgan fingerprint density at radius 2 is 2.00 bits per heavy atom. The molecular formula is C25H28N2O6. The van der Waals surface area contributed by atoms with Crippen molar-refractivity contribution in [2.45, 2.75) is 31.6 Å². The van der Waals surface area contributed by atoms with Gasteiger partial charge in [-0.05, 0) is 36.1 Å².